The van der Waals surface area contributed by atoms with Crippen molar-refractivity contribution in [1.29, 1.82) is 0 Å². The highest BCUT2D eigenvalue weighted by molar-refractivity contribution is 6.75. The van der Waals surface area contributed by atoms with E-state index in [1.165, 1.54) is 0 Å². The zero-order valence-corrected chi connectivity index (χ0v) is 18.2. The van der Waals surface area contributed by atoms with Gasteiger partial charge in [-0.15, -0.1) is 4.39 Å². The van der Waals surface area contributed by atoms with Crippen LogP contribution in [0.4, 0.5) is 9.18 Å². The molecular weight excluding hydrogens is 345 g/mol. The van der Waals surface area contributed by atoms with E-state index in [1.807, 2.05) is 19.6 Å². The van der Waals surface area contributed by atoms with Gasteiger partial charge in [0, 0.05) is 13.7 Å². The lowest BCUT2D eigenvalue weighted by molar-refractivity contribution is 0.221. The molecule has 0 radical (unpaired) electrons. The standard InChI is InChI=1S/C10H28FNO5Si4/c1-14-21(6,9-7-8-12-10(11)13)17-20(5)16-19(4)15-18(2)3/h18-20H,7-9H2,1-6H3,(H,12,13). The van der Waals surface area contributed by atoms with E-state index in [1.54, 1.807) is 7.11 Å². The van der Waals surface area contributed by atoms with Crippen LogP contribution in [-0.2, 0) is 16.8 Å². The number of rotatable bonds is 11. The summed E-state index contributed by atoms with van der Waals surface area (Å²) in [4.78, 5) is 10.2. The van der Waals surface area contributed by atoms with Gasteiger partial charge in [0.05, 0.1) is 0 Å². The Morgan fingerprint density at radius 3 is 2.29 bits per heavy atom. The van der Waals surface area contributed by atoms with Crippen molar-refractivity contribution >= 4 is 42.3 Å². The smallest absolute Gasteiger partial charge is 0.397 e. The highest BCUT2D eigenvalue weighted by atomic mass is 28.5. The highest BCUT2D eigenvalue weighted by Crippen LogP contribution is 2.16. The maximum absolute atomic E-state index is 12.0. The number of carbonyl (C=O) groups is 1. The van der Waals surface area contributed by atoms with Gasteiger partial charge >= 0.3 is 14.7 Å². The van der Waals surface area contributed by atoms with E-state index in [0.29, 0.717) is 12.5 Å². The molecule has 0 saturated heterocycles. The summed E-state index contributed by atoms with van der Waals surface area (Å²) in [6, 6.07) is 0.681. The first-order chi connectivity index (χ1) is 9.68. The van der Waals surface area contributed by atoms with Crippen LogP contribution in [0.5, 0.6) is 0 Å². The first kappa shape index (κ1) is 21.1. The summed E-state index contributed by atoms with van der Waals surface area (Å²) < 4.78 is 35.3. The normalized spacial score (nSPS) is 17.3. The molecule has 21 heavy (non-hydrogen) atoms. The van der Waals surface area contributed by atoms with E-state index in [-0.39, 0.29) is 6.54 Å². The second-order valence-corrected chi connectivity index (χ2v) is 15.9. The van der Waals surface area contributed by atoms with Crippen molar-refractivity contribution in [3.8, 4) is 0 Å². The monoisotopic (exact) mass is 373 g/mol. The lowest BCUT2D eigenvalue weighted by Gasteiger charge is -2.30. The molecule has 0 bridgehead atoms. The van der Waals surface area contributed by atoms with Crippen molar-refractivity contribution in [2.45, 2.75) is 45.2 Å². The first-order valence-corrected chi connectivity index (χ1v) is 16.7. The van der Waals surface area contributed by atoms with Gasteiger partial charge in [-0.25, -0.2) is 4.79 Å². The number of amides is 1. The number of nitrogens with one attached hydrogen (secondary N) is 1. The number of hydrogen-bond donors (Lipinski definition) is 1. The molecule has 11 heteroatoms. The summed E-state index contributed by atoms with van der Waals surface area (Å²) in [6.45, 7) is 10.5. The molecule has 1 N–H and O–H groups in total. The van der Waals surface area contributed by atoms with Crippen LogP contribution in [0.25, 0.3) is 0 Å². The van der Waals surface area contributed by atoms with Gasteiger partial charge in [0.2, 0.25) is 0 Å². The third kappa shape index (κ3) is 11.3. The fourth-order valence-corrected chi connectivity index (χ4v) is 13.3. The fraction of sp³-hybridized carbons (Fsp3) is 0.900. The molecule has 0 spiro atoms. The van der Waals surface area contributed by atoms with Gasteiger partial charge in [-0.05, 0) is 45.2 Å². The molecule has 3 unspecified atom stereocenters. The average molecular weight is 374 g/mol. The van der Waals surface area contributed by atoms with Crippen molar-refractivity contribution in [2.24, 2.45) is 0 Å². The fourth-order valence-electron chi connectivity index (χ4n) is 1.87. The van der Waals surface area contributed by atoms with Crippen molar-refractivity contribution in [3.63, 3.8) is 0 Å². The van der Waals surface area contributed by atoms with E-state index in [4.69, 9.17) is 16.8 Å². The third-order valence-corrected chi connectivity index (χ3v) is 15.0. The molecule has 126 valence electrons. The molecule has 0 aromatic carbocycles. The Kier molecular flexibility index (Phi) is 10.8. The molecule has 0 aliphatic carbocycles. The molecule has 0 fully saturated rings. The molecule has 3 atom stereocenters. The zero-order chi connectivity index (χ0) is 16.5. The van der Waals surface area contributed by atoms with Gasteiger partial charge in [-0.3, -0.25) is 0 Å². The van der Waals surface area contributed by atoms with E-state index in [9.17, 15) is 9.18 Å². The minimum atomic E-state index is -2.32. The quantitative estimate of drug-likeness (QED) is 0.257. The number of carbonyl (C=O) groups excluding carboxylic acids is 1. The summed E-state index contributed by atoms with van der Waals surface area (Å²) in [5.74, 6) is 0. The molecule has 1 amide bonds. The van der Waals surface area contributed by atoms with Crippen LogP contribution in [0.1, 0.15) is 6.42 Å². The lowest BCUT2D eigenvalue weighted by atomic mass is 10.5. The van der Waals surface area contributed by atoms with Gasteiger partial charge in [0.25, 0.3) is 18.6 Å². The van der Waals surface area contributed by atoms with Gasteiger partial charge < -0.3 is 22.1 Å². The summed E-state index contributed by atoms with van der Waals surface area (Å²) in [5.41, 5.74) is 0. The first-order valence-electron chi connectivity index (χ1n) is 7.15. The minimum absolute atomic E-state index is 0.286. The van der Waals surface area contributed by atoms with E-state index >= 15 is 0 Å². The van der Waals surface area contributed by atoms with Crippen LogP contribution in [0.2, 0.25) is 38.8 Å². The summed E-state index contributed by atoms with van der Waals surface area (Å²) in [5, 5.41) is 2.13. The zero-order valence-electron chi connectivity index (χ0n) is 13.8. The Morgan fingerprint density at radius 1 is 1.19 bits per heavy atom. The van der Waals surface area contributed by atoms with E-state index in [2.05, 4.69) is 18.4 Å². The lowest BCUT2D eigenvalue weighted by Crippen LogP contribution is -2.45. The second kappa shape index (κ2) is 10.8. The summed E-state index contributed by atoms with van der Waals surface area (Å²) >= 11 is 0. The number of hydrogen-bond acceptors (Lipinski definition) is 5. The van der Waals surface area contributed by atoms with Crippen molar-refractivity contribution < 1.29 is 26.0 Å². The summed E-state index contributed by atoms with van der Waals surface area (Å²) in [7, 11) is -5.18. The Bertz CT molecular complexity index is 315. The second-order valence-electron chi connectivity index (χ2n) is 5.22. The van der Waals surface area contributed by atoms with Crippen LogP contribution in [-0.4, -0.2) is 56.0 Å². The van der Waals surface area contributed by atoms with Crippen LogP contribution < -0.4 is 5.32 Å². The molecule has 0 aliphatic heterocycles. The third-order valence-electron chi connectivity index (χ3n) is 2.77. The van der Waals surface area contributed by atoms with E-state index < -0.39 is 42.3 Å². The number of halogens is 1. The minimum Gasteiger partial charge on any atom is -0.442 e. The Morgan fingerprint density at radius 2 is 1.81 bits per heavy atom. The van der Waals surface area contributed by atoms with Crippen molar-refractivity contribution in [2.75, 3.05) is 13.7 Å². The highest BCUT2D eigenvalue weighted by Gasteiger charge is 2.33. The van der Waals surface area contributed by atoms with Crippen LogP contribution in [0.15, 0.2) is 0 Å². The van der Waals surface area contributed by atoms with E-state index in [0.717, 1.165) is 0 Å². The van der Waals surface area contributed by atoms with Gasteiger partial charge in [0.1, 0.15) is 0 Å². The van der Waals surface area contributed by atoms with Crippen LogP contribution in [0, 0.1) is 0 Å². The molecule has 6 nitrogen and oxygen atoms in total. The Labute approximate surface area is 133 Å². The molecule has 0 heterocycles. The van der Waals surface area contributed by atoms with Gasteiger partial charge in [-0.1, -0.05) is 0 Å². The van der Waals surface area contributed by atoms with Crippen LogP contribution in [0.3, 0.4) is 0 Å². The van der Waals surface area contributed by atoms with Crippen molar-refractivity contribution in [3.05, 3.63) is 0 Å². The Hall–Kier alpha value is 0.108. The van der Waals surface area contributed by atoms with Gasteiger partial charge in [-0.2, -0.15) is 0 Å². The van der Waals surface area contributed by atoms with Gasteiger partial charge in [0.15, 0.2) is 9.04 Å². The van der Waals surface area contributed by atoms with Crippen molar-refractivity contribution in [1.82, 2.24) is 5.32 Å². The predicted octanol–water partition coefficient (Wildman–Crippen LogP) is 1.51. The maximum Gasteiger partial charge on any atom is 0.397 e. The molecule has 0 aromatic rings. The molecule has 0 aliphatic rings. The molecule has 0 rings (SSSR count). The molecule has 0 saturated carbocycles. The molecule has 0 aromatic heterocycles. The average Bonchev–Trinajstić information content (AvgIpc) is 2.33. The predicted molar refractivity (Wildman–Crippen MR) is 90.7 cm³/mol. The molecular formula is C10H28FNO5Si4. The largest absolute Gasteiger partial charge is 0.442 e. The summed E-state index contributed by atoms with van der Waals surface area (Å²) in [6.07, 6.45) is -0.881. The SMILES string of the molecule is CO[Si](C)(CCCNC(=O)F)O[SiH](C)O[SiH](C)O[SiH](C)C. The Balaban J connectivity index is 4.16. The maximum atomic E-state index is 12.0. The topological polar surface area (TPSA) is 66.0 Å². The van der Waals surface area contributed by atoms with Crippen LogP contribution >= 0.6 is 0 Å².